The smallest absolute Gasteiger partial charge is 0.355 e. The summed E-state index contributed by atoms with van der Waals surface area (Å²) in [5.74, 6) is -5.93. The van der Waals surface area contributed by atoms with Crippen molar-refractivity contribution in [3.63, 3.8) is 0 Å². The van der Waals surface area contributed by atoms with Gasteiger partial charge in [0.15, 0.2) is 18.2 Å². The third kappa shape index (κ3) is 4.78. The molecular weight excluding hydrogens is 568 g/mol. The first-order valence-electron chi connectivity index (χ1n) is 12.8. The number of nitrogen functional groups attached to an aromatic ring is 1. The molecular formula is C30H23F4N6OS+. The normalized spacial score (nSPS) is 17.7. The van der Waals surface area contributed by atoms with Crippen LogP contribution in [0.5, 0.6) is 0 Å². The van der Waals surface area contributed by atoms with Crippen LogP contribution >= 0.6 is 11.3 Å². The minimum atomic E-state index is -3.42. The predicted molar refractivity (Wildman–Crippen MR) is 152 cm³/mol. The lowest BCUT2D eigenvalue weighted by atomic mass is 9.93. The van der Waals surface area contributed by atoms with E-state index in [1.807, 2.05) is 30.3 Å². The number of pyridine rings is 1. The van der Waals surface area contributed by atoms with Gasteiger partial charge in [-0.15, -0.1) is 11.3 Å². The highest BCUT2D eigenvalue weighted by atomic mass is 32.1. The van der Waals surface area contributed by atoms with Crippen LogP contribution in [0.4, 0.5) is 29.2 Å². The average Bonchev–Trinajstić information content (AvgIpc) is 3.45. The molecule has 0 fully saturated rings. The molecule has 0 saturated heterocycles. The number of amides is 1. The maximum absolute atomic E-state index is 15.6. The monoisotopic (exact) mass is 591 g/mol. The Hall–Kier alpha value is -4.68. The molecule has 0 saturated carbocycles. The number of thiophene rings is 1. The van der Waals surface area contributed by atoms with Gasteiger partial charge in [-0.2, -0.15) is 8.78 Å². The summed E-state index contributed by atoms with van der Waals surface area (Å²) >= 11 is 1.47. The van der Waals surface area contributed by atoms with Gasteiger partial charge in [0.05, 0.1) is 18.3 Å². The minimum absolute atomic E-state index is 0.00270. The number of anilines is 2. The minimum Gasteiger partial charge on any atom is -0.383 e. The number of hydrogen-bond donors (Lipinski definition) is 2. The van der Waals surface area contributed by atoms with Gasteiger partial charge in [-0.25, -0.2) is 33.0 Å². The molecule has 0 spiro atoms. The molecule has 1 aliphatic heterocycles. The number of fused-ring (bicyclic) bond motifs is 2. The molecule has 0 aliphatic carbocycles. The molecule has 1 unspecified atom stereocenters. The fraction of sp³-hybridized carbons (Fsp3) is 0.133. The van der Waals surface area contributed by atoms with E-state index in [1.54, 1.807) is 0 Å². The van der Waals surface area contributed by atoms with Gasteiger partial charge in [0.25, 0.3) is 0 Å². The molecule has 6 rings (SSSR count). The van der Waals surface area contributed by atoms with Crippen molar-refractivity contribution in [2.24, 2.45) is 0 Å². The van der Waals surface area contributed by atoms with Crippen molar-refractivity contribution >= 4 is 39.8 Å². The first kappa shape index (κ1) is 27.5. The molecule has 212 valence electrons. The Kier molecular flexibility index (Phi) is 6.74. The van der Waals surface area contributed by atoms with Crippen molar-refractivity contribution in [2.75, 3.05) is 17.6 Å². The number of halogens is 4. The van der Waals surface area contributed by atoms with E-state index in [0.717, 1.165) is 50.6 Å². The fourth-order valence-corrected chi connectivity index (χ4v) is 6.13. The van der Waals surface area contributed by atoms with Crippen LogP contribution in [0, 0.1) is 11.6 Å². The van der Waals surface area contributed by atoms with E-state index in [0.29, 0.717) is 5.82 Å². The number of rotatable bonds is 7. The summed E-state index contributed by atoms with van der Waals surface area (Å²) in [5, 5.41) is 3.79. The third-order valence-corrected chi connectivity index (χ3v) is 8.42. The lowest BCUT2D eigenvalue weighted by Gasteiger charge is -2.39. The molecule has 0 radical (unpaired) electrons. The highest BCUT2D eigenvalue weighted by molar-refractivity contribution is 7.15. The Bertz CT molecular complexity index is 1880. The largest absolute Gasteiger partial charge is 0.383 e. The van der Waals surface area contributed by atoms with E-state index in [-0.39, 0.29) is 30.0 Å². The van der Waals surface area contributed by atoms with Gasteiger partial charge < -0.3 is 11.1 Å². The summed E-state index contributed by atoms with van der Waals surface area (Å²) in [7, 11) is 0. The van der Waals surface area contributed by atoms with Crippen molar-refractivity contribution in [1.29, 1.82) is 0 Å². The second-order valence-electron chi connectivity index (χ2n) is 9.98. The van der Waals surface area contributed by atoms with Gasteiger partial charge in [-0.05, 0) is 54.6 Å². The molecule has 0 bridgehead atoms. The van der Waals surface area contributed by atoms with E-state index in [9.17, 15) is 13.6 Å². The van der Waals surface area contributed by atoms with E-state index in [1.165, 1.54) is 29.9 Å². The zero-order chi connectivity index (χ0) is 29.6. The summed E-state index contributed by atoms with van der Waals surface area (Å²) in [6.07, 6.45) is 3.75. The number of hydrogen-bond acceptors (Lipinski definition) is 7. The number of carbonyl (C=O) groups is 1. The molecule has 7 nitrogen and oxygen atoms in total. The van der Waals surface area contributed by atoms with Gasteiger partial charge in [-0.1, -0.05) is 12.1 Å². The Morgan fingerprint density at radius 3 is 2.67 bits per heavy atom. The zero-order valence-corrected chi connectivity index (χ0v) is 22.8. The van der Waals surface area contributed by atoms with Crippen LogP contribution in [-0.2, 0) is 19.0 Å². The van der Waals surface area contributed by atoms with Crippen molar-refractivity contribution in [3.05, 3.63) is 113 Å². The molecule has 1 amide bonds. The SMILES string of the molecule is C=C[N+]1(Cc2ccc(F)c(F)c2)CC(F)(F)c2ccnc(NCc3ccc(-c4ccc5ncnc(N)c5c4)s3)c2C1=O. The number of aromatic nitrogens is 3. The number of alkyl halides is 2. The van der Waals surface area contributed by atoms with Gasteiger partial charge in [0.2, 0.25) is 0 Å². The second-order valence-corrected chi connectivity index (χ2v) is 11.2. The average molecular weight is 592 g/mol. The van der Waals surface area contributed by atoms with Crippen LogP contribution in [0.3, 0.4) is 0 Å². The van der Waals surface area contributed by atoms with Crippen molar-refractivity contribution in [3.8, 4) is 10.4 Å². The van der Waals surface area contributed by atoms with Gasteiger partial charge >= 0.3 is 11.8 Å². The number of benzene rings is 2. The number of nitrogens with two attached hydrogens (primary N) is 1. The lowest BCUT2D eigenvalue weighted by Crippen LogP contribution is -2.57. The maximum Gasteiger partial charge on any atom is 0.355 e. The van der Waals surface area contributed by atoms with Crippen LogP contribution in [-0.4, -0.2) is 31.9 Å². The molecule has 5 aromatic rings. The van der Waals surface area contributed by atoms with Crippen molar-refractivity contribution in [1.82, 2.24) is 15.0 Å². The summed E-state index contributed by atoms with van der Waals surface area (Å²) < 4.78 is 57.6. The Balaban J connectivity index is 1.29. The third-order valence-electron chi connectivity index (χ3n) is 7.28. The molecule has 3 aromatic heterocycles. The van der Waals surface area contributed by atoms with Crippen LogP contribution in [0.2, 0.25) is 0 Å². The first-order chi connectivity index (χ1) is 20.1. The molecule has 4 heterocycles. The van der Waals surface area contributed by atoms with E-state index >= 15 is 8.78 Å². The number of nitrogens with zero attached hydrogens (tertiary/aromatic N) is 4. The van der Waals surface area contributed by atoms with Crippen LogP contribution in [0.1, 0.15) is 26.4 Å². The summed E-state index contributed by atoms with van der Waals surface area (Å²) in [5.41, 5.74) is 7.10. The highest BCUT2D eigenvalue weighted by Gasteiger charge is 2.55. The molecule has 1 atom stereocenters. The first-order valence-corrected chi connectivity index (χ1v) is 13.6. The second kappa shape index (κ2) is 10.3. The summed E-state index contributed by atoms with van der Waals surface area (Å²) in [6.45, 7) is 2.62. The van der Waals surface area contributed by atoms with Gasteiger partial charge in [0.1, 0.15) is 30.1 Å². The number of carbonyl (C=O) groups excluding carboxylic acids is 1. The topological polar surface area (TPSA) is 93.8 Å². The molecule has 12 heteroatoms. The van der Waals surface area contributed by atoms with E-state index in [2.05, 4.69) is 26.8 Å². The Labute approximate surface area is 241 Å². The quantitative estimate of drug-likeness (QED) is 0.163. The summed E-state index contributed by atoms with van der Waals surface area (Å²) in [4.78, 5) is 28.2. The van der Waals surface area contributed by atoms with E-state index in [4.69, 9.17) is 5.73 Å². The highest BCUT2D eigenvalue weighted by Crippen LogP contribution is 2.43. The Morgan fingerprint density at radius 1 is 1.05 bits per heavy atom. The van der Waals surface area contributed by atoms with Crippen LogP contribution in [0.25, 0.3) is 21.3 Å². The summed E-state index contributed by atoms with van der Waals surface area (Å²) in [6, 6.07) is 13.7. The number of quaternary nitrogens is 1. The number of nitrogens with one attached hydrogen (secondary N) is 1. The van der Waals surface area contributed by atoms with Crippen LogP contribution < -0.4 is 11.1 Å². The Morgan fingerprint density at radius 2 is 1.88 bits per heavy atom. The predicted octanol–water partition coefficient (Wildman–Crippen LogP) is 6.63. The van der Waals surface area contributed by atoms with Crippen molar-refractivity contribution < 1.29 is 26.8 Å². The molecule has 3 N–H and O–H groups in total. The van der Waals surface area contributed by atoms with Gasteiger partial charge in [-0.3, -0.25) is 0 Å². The van der Waals surface area contributed by atoms with Crippen molar-refractivity contribution in [2.45, 2.75) is 19.0 Å². The molecule has 42 heavy (non-hydrogen) atoms. The zero-order valence-electron chi connectivity index (χ0n) is 22.0. The standard InChI is InChI=1S/C30H22F4N6OS/c1-2-40(14-17-3-6-22(31)23(32)11-17)15-30(33,34)21-9-10-36-28(26(21)29(40)41)37-13-19-5-8-25(42-19)18-4-7-24-20(12-18)27(35)39-16-38-24/h2-12,16H,1,13-15H2,(H2-,35,36,37,38,39,41)/p+1. The molecule has 2 aromatic carbocycles. The maximum atomic E-state index is 15.6. The van der Waals surface area contributed by atoms with Gasteiger partial charge in [0, 0.05) is 32.5 Å². The molecule has 1 aliphatic rings. The fourth-order valence-electron chi connectivity index (χ4n) is 5.18. The van der Waals surface area contributed by atoms with Crippen LogP contribution in [0.15, 0.2) is 79.9 Å². The lowest BCUT2D eigenvalue weighted by molar-refractivity contribution is -0.823. The van der Waals surface area contributed by atoms with E-state index < -0.39 is 40.1 Å².